The van der Waals surface area contributed by atoms with E-state index in [0.29, 0.717) is 13.0 Å². The van der Waals surface area contributed by atoms with Gasteiger partial charge < -0.3 is 0 Å². The number of imide groups is 1. The summed E-state index contributed by atoms with van der Waals surface area (Å²) >= 11 is 0. The van der Waals surface area contributed by atoms with Crippen molar-refractivity contribution >= 4 is 11.9 Å². The van der Waals surface area contributed by atoms with E-state index in [1.807, 2.05) is 37.3 Å². The van der Waals surface area contributed by atoms with E-state index in [-0.39, 0.29) is 5.91 Å². The Morgan fingerprint density at radius 3 is 2.56 bits per heavy atom. The molecule has 0 aliphatic heterocycles. The van der Waals surface area contributed by atoms with Crippen LogP contribution < -0.4 is 16.2 Å². The second-order valence-electron chi connectivity index (χ2n) is 3.95. The number of urea groups is 1. The monoisotopic (exact) mass is 249 g/mol. The number of carbonyl (C=O) groups is 2. The standard InChI is InChI=1S/C13H19N3O2/c1-2-3-9-12(17)15-13(18)16-14-10-11-7-5-4-6-8-11/h4-8,14H,2-3,9-10H2,1H3,(H2,15,16,17,18). The third-order valence-electron chi connectivity index (χ3n) is 2.35. The number of hydrogen-bond acceptors (Lipinski definition) is 3. The van der Waals surface area contributed by atoms with Gasteiger partial charge in [0.1, 0.15) is 0 Å². The first-order valence-corrected chi connectivity index (χ1v) is 6.09. The zero-order valence-electron chi connectivity index (χ0n) is 10.5. The van der Waals surface area contributed by atoms with Gasteiger partial charge in [0, 0.05) is 13.0 Å². The lowest BCUT2D eigenvalue weighted by molar-refractivity contribution is -0.120. The zero-order valence-corrected chi connectivity index (χ0v) is 10.5. The van der Waals surface area contributed by atoms with Crippen LogP contribution in [0.15, 0.2) is 30.3 Å². The number of carbonyl (C=O) groups excluding carboxylic acids is 2. The molecule has 5 nitrogen and oxygen atoms in total. The summed E-state index contributed by atoms with van der Waals surface area (Å²) in [6.07, 6.45) is 2.10. The SMILES string of the molecule is CCCCC(=O)NC(=O)NNCc1ccccc1. The minimum atomic E-state index is -0.521. The fourth-order valence-electron chi connectivity index (χ4n) is 1.38. The maximum atomic E-state index is 11.3. The molecule has 0 aliphatic rings. The van der Waals surface area contributed by atoms with Crippen LogP contribution in [-0.4, -0.2) is 11.9 Å². The van der Waals surface area contributed by atoms with Crippen LogP contribution in [0, 0.1) is 0 Å². The Morgan fingerprint density at radius 2 is 1.89 bits per heavy atom. The summed E-state index contributed by atoms with van der Waals surface area (Å²) in [4.78, 5) is 22.5. The van der Waals surface area contributed by atoms with Crippen molar-refractivity contribution in [3.05, 3.63) is 35.9 Å². The molecule has 0 atom stereocenters. The predicted octanol–water partition coefficient (Wildman–Crippen LogP) is 1.71. The topological polar surface area (TPSA) is 70.2 Å². The molecule has 18 heavy (non-hydrogen) atoms. The summed E-state index contributed by atoms with van der Waals surface area (Å²) in [7, 11) is 0. The van der Waals surface area contributed by atoms with E-state index < -0.39 is 6.03 Å². The van der Waals surface area contributed by atoms with E-state index in [9.17, 15) is 9.59 Å². The molecule has 5 heteroatoms. The van der Waals surface area contributed by atoms with Crippen molar-refractivity contribution in [3.8, 4) is 0 Å². The quantitative estimate of drug-likeness (QED) is 0.672. The molecule has 1 aromatic rings. The highest BCUT2D eigenvalue weighted by molar-refractivity contribution is 5.93. The summed E-state index contributed by atoms with van der Waals surface area (Å²) in [5.74, 6) is -0.254. The first-order chi connectivity index (χ1) is 8.72. The Kier molecular flexibility index (Phi) is 6.50. The zero-order chi connectivity index (χ0) is 13.2. The Bertz CT molecular complexity index is 379. The maximum Gasteiger partial charge on any atom is 0.335 e. The molecule has 0 aromatic heterocycles. The number of benzene rings is 1. The minimum absolute atomic E-state index is 0.254. The van der Waals surface area contributed by atoms with E-state index in [1.54, 1.807) is 0 Å². The van der Waals surface area contributed by atoms with E-state index in [4.69, 9.17) is 0 Å². The van der Waals surface area contributed by atoms with Gasteiger partial charge in [-0.25, -0.2) is 10.2 Å². The normalized spacial score (nSPS) is 9.83. The van der Waals surface area contributed by atoms with Crippen molar-refractivity contribution in [2.45, 2.75) is 32.7 Å². The number of amides is 3. The Morgan fingerprint density at radius 1 is 1.17 bits per heavy atom. The molecular formula is C13H19N3O2. The molecular weight excluding hydrogens is 230 g/mol. The van der Waals surface area contributed by atoms with Crippen LogP contribution in [0.5, 0.6) is 0 Å². The molecule has 0 saturated carbocycles. The lowest BCUT2D eigenvalue weighted by Crippen LogP contribution is -2.45. The number of hydrazine groups is 1. The van der Waals surface area contributed by atoms with Crippen LogP contribution in [0.3, 0.4) is 0 Å². The van der Waals surface area contributed by atoms with Crippen LogP contribution in [0.25, 0.3) is 0 Å². The third kappa shape index (κ3) is 6.00. The van der Waals surface area contributed by atoms with Crippen molar-refractivity contribution in [2.24, 2.45) is 0 Å². The van der Waals surface area contributed by atoms with Gasteiger partial charge in [-0.05, 0) is 12.0 Å². The Balaban J connectivity index is 2.15. The lowest BCUT2D eigenvalue weighted by atomic mass is 10.2. The van der Waals surface area contributed by atoms with Gasteiger partial charge in [0.2, 0.25) is 5.91 Å². The second kappa shape index (κ2) is 8.25. The van der Waals surface area contributed by atoms with Gasteiger partial charge in [0.15, 0.2) is 0 Å². The van der Waals surface area contributed by atoms with Crippen LogP contribution in [0.1, 0.15) is 31.7 Å². The van der Waals surface area contributed by atoms with Gasteiger partial charge in [0.05, 0.1) is 0 Å². The highest BCUT2D eigenvalue weighted by Crippen LogP contribution is 1.96. The Hall–Kier alpha value is -1.88. The summed E-state index contributed by atoms with van der Waals surface area (Å²) in [5, 5.41) is 2.25. The van der Waals surface area contributed by atoms with Gasteiger partial charge in [-0.1, -0.05) is 43.7 Å². The van der Waals surface area contributed by atoms with E-state index >= 15 is 0 Å². The second-order valence-corrected chi connectivity index (χ2v) is 3.95. The fourth-order valence-corrected chi connectivity index (χ4v) is 1.38. The summed E-state index contributed by atoms with van der Waals surface area (Å²) in [6.45, 7) is 2.51. The average Bonchev–Trinajstić information content (AvgIpc) is 2.37. The lowest BCUT2D eigenvalue weighted by Gasteiger charge is -2.08. The molecule has 98 valence electrons. The van der Waals surface area contributed by atoms with Gasteiger partial charge in [-0.3, -0.25) is 15.5 Å². The first-order valence-electron chi connectivity index (χ1n) is 6.09. The molecule has 0 aliphatic carbocycles. The van der Waals surface area contributed by atoms with Crippen molar-refractivity contribution in [1.82, 2.24) is 16.2 Å². The average molecular weight is 249 g/mol. The van der Waals surface area contributed by atoms with Crippen LogP contribution in [0.2, 0.25) is 0 Å². The minimum Gasteiger partial charge on any atom is -0.277 e. The Labute approximate surface area is 107 Å². The number of hydrogen-bond donors (Lipinski definition) is 3. The molecule has 1 rings (SSSR count). The van der Waals surface area contributed by atoms with Crippen molar-refractivity contribution in [3.63, 3.8) is 0 Å². The van der Waals surface area contributed by atoms with E-state index in [2.05, 4.69) is 16.2 Å². The van der Waals surface area contributed by atoms with Crippen molar-refractivity contribution in [2.75, 3.05) is 0 Å². The summed E-state index contributed by atoms with van der Waals surface area (Å²) in [6, 6.07) is 9.14. The summed E-state index contributed by atoms with van der Waals surface area (Å²) in [5.41, 5.74) is 6.22. The van der Waals surface area contributed by atoms with Gasteiger partial charge >= 0.3 is 6.03 Å². The van der Waals surface area contributed by atoms with E-state index in [1.165, 1.54) is 0 Å². The van der Waals surface area contributed by atoms with Crippen LogP contribution in [0.4, 0.5) is 4.79 Å². The molecule has 3 amide bonds. The molecule has 0 fully saturated rings. The van der Waals surface area contributed by atoms with E-state index in [0.717, 1.165) is 18.4 Å². The number of nitrogens with one attached hydrogen (secondary N) is 3. The highest BCUT2D eigenvalue weighted by atomic mass is 16.2. The third-order valence-corrected chi connectivity index (χ3v) is 2.35. The largest absolute Gasteiger partial charge is 0.335 e. The van der Waals surface area contributed by atoms with Crippen molar-refractivity contribution in [1.29, 1.82) is 0 Å². The molecule has 0 bridgehead atoms. The first kappa shape index (κ1) is 14.2. The molecule has 0 spiro atoms. The molecule has 0 radical (unpaired) electrons. The molecule has 1 aromatic carbocycles. The van der Waals surface area contributed by atoms with Crippen molar-refractivity contribution < 1.29 is 9.59 Å². The van der Waals surface area contributed by atoms with Gasteiger partial charge in [-0.15, -0.1) is 0 Å². The maximum absolute atomic E-state index is 11.3. The number of rotatable bonds is 6. The number of unbranched alkanes of at least 4 members (excludes halogenated alkanes) is 1. The molecule has 0 unspecified atom stereocenters. The van der Waals surface area contributed by atoms with Gasteiger partial charge in [-0.2, -0.15) is 0 Å². The van der Waals surface area contributed by atoms with Crippen LogP contribution in [-0.2, 0) is 11.3 Å². The fraction of sp³-hybridized carbons (Fsp3) is 0.385. The molecule has 3 N–H and O–H groups in total. The molecule has 0 saturated heterocycles. The smallest absolute Gasteiger partial charge is 0.277 e. The van der Waals surface area contributed by atoms with Gasteiger partial charge in [0.25, 0.3) is 0 Å². The highest BCUT2D eigenvalue weighted by Gasteiger charge is 2.05. The summed E-state index contributed by atoms with van der Waals surface area (Å²) < 4.78 is 0. The molecule has 0 heterocycles. The predicted molar refractivity (Wildman–Crippen MR) is 69.5 cm³/mol. The van der Waals surface area contributed by atoms with Crippen LogP contribution >= 0.6 is 0 Å².